The van der Waals surface area contributed by atoms with Gasteiger partial charge < -0.3 is 0 Å². The Labute approximate surface area is 72.8 Å². The zero-order valence-electron chi connectivity index (χ0n) is 7.32. The van der Waals surface area contributed by atoms with Crippen molar-refractivity contribution in [1.29, 1.82) is 0 Å². The topological polar surface area (TPSA) is 54.0 Å². The van der Waals surface area contributed by atoms with Gasteiger partial charge in [-0.15, -0.1) is 0 Å². The Bertz CT molecular complexity index is 107. The molecule has 0 aliphatic carbocycles. The summed E-state index contributed by atoms with van der Waals surface area (Å²) in [6, 6.07) is 0. The summed E-state index contributed by atoms with van der Waals surface area (Å²) in [6.07, 6.45) is 1.58. The molecule has 5 nitrogen and oxygen atoms in total. The molecule has 0 atom stereocenters. The van der Waals surface area contributed by atoms with Crippen LogP contribution in [0, 0.1) is 0 Å². The summed E-state index contributed by atoms with van der Waals surface area (Å²) in [4.78, 5) is 8.97. The second-order valence-electron chi connectivity index (χ2n) is 2.02. The molecule has 0 aromatic heterocycles. The lowest BCUT2D eigenvalue weighted by Crippen LogP contribution is -1.93. The lowest BCUT2D eigenvalue weighted by molar-refractivity contribution is -0.258. The van der Waals surface area contributed by atoms with Crippen molar-refractivity contribution in [3.63, 3.8) is 0 Å². The van der Waals surface area contributed by atoms with Gasteiger partial charge in [-0.1, -0.05) is 13.8 Å². The predicted molar refractivity (Wildman–Crippen MR) is 42.3 cm³/mol. The fourth-order valence-corrected chi connectivity index (χ4v) is 0.686. The number of hydrogen-bond acceptors (Lipinski definition) is 5. The van der Waals surface area contributed by atoms with Crippen molar-refractivity contribution >= 4 is 8.25 Å². The highest BCUT2D eigenvalue weighted by Gasteiger charge is 2.23. The minimum atomic E-state index is -2.30. The van der Waals surface area contributed by atoms with Gasteiger partial charge >= 0.3 is 8.25 Å². The van der Waals surface area contributed by atoms with Crippen LogP contribution < -0.4 is 0 Å². The first-order valence-electron chi connectivity index (χ1n) is 3.87. The number of hydrogen-bond donors (Lipinski definition) is 0. The fourth-order valence-electron chi connectivity index (χ4n) is 0.340. The lowest BCUT2D eigenvalue weighted by Gasteiger charge is -1.90. The van der Waals surface area contributed by atoms with Crippen molar-refractivity contribution in [2.45, 2.75) is 26.7 Å². The normalized spacial score (nSPS) is 10.2. The van der Waals surface area contributed by atoms with Crippen LogP contribution in [0.3, 0.4) is 0 Å². The minimum absolute atomic E-state index is 0.387. The van der Waals surface area contributed by atoms with Crippen LogP contribution >= 0.6 is 8.25 Å². The molecular formula is C6H14O5P+. The Balaban J connectivity index is 3.10. The van der Waals surface area contributed by atoms with E-state index in [0.29, 0.717) is 13.2 Å². The third-order valence-corrected chi connectivity index (χ3v) is 1.26. The van der Waals surface area contributed by atoms with E-state index in [9.17, 15) is 4.57 Å². The van der Waals surface area contributed by atoms with Crippen LogP contribution in [0.5, 0.6) is 0 Å². The van der Waals surface area contributed by atoms with Crippen molar-refractivity contribution in [1.82, 2.24) is 0 Å². The third-order valence-electron chi connectivity index (χ3n) is 0.802. The van der Waals surface area contributed by atoms with Gasteiger partial charge in [0.05, 0.1) is 22.6 Å². The molecule has 0 spiro atoms. The van der Waals surface area contributed by atoms with Crippen molar-refractivity contribution in [3.05, 3.63) is 0 Å². The average Bonchev–Trinajstić information content (AvgIpc) is 2.06. The molecule has 0 aromatic rings. The average molecular weight is 197 g/mol. The van der Waals surface area contributed by atoms with Gasteiger partial charge in [-0.25, -0.2) is 0 Å². The molecule has 0 saturated heterocycles. The van der Waals surface area contributed by atoms with E-state index in [1.165, 1.54) is 0 Å². The van der Waals surface area contributed by atoms with E-state index >= 15 is 0 Å². The highest BCUT2D eigenvalue weighted by molar-refractivity contribution is 7.32. The zero-order valence-corrected chi connectivity index (χ0v) is 8.21. The zero-order chi connectivity index (χ0) is 9.23. The van der Waals surface area contributed by atoms with Crippen LogP contribution in [0.2, 0.25) is 0 Å². The van der Waals surface area contributed by atoms with E-state index in [0.717, 1.165) is 12.8 Å². The molecule has 6 heteroatoms. The molecule has 0 radical (unpaired) electrons. The van der Waals surface area contributed by atoms with Gasteiger partial charge in [0.1, 0.15) is 0 Å². The summed E-state index contributed by atoms with van der Waals surface area (Å²) in [5.41, 5.74) is 0. The fraction of sp³-hybridized carbons (Fsp3) is 1.00. The van der Waals surface area contributed by atoms with Crippen LogP contribution in [0.4, 0.5) is 0 Å². The first-order valence-corrected chi connectivity index (χ1v) is 4.97. The second kappa shape index (κ2) is 9.03. The van der Waals surface area contributed by atoms with Gasteiger partial charge in [0, 0.05) is 4.57 Å². The first-order chi connectivity index (χ1) is 5.81. The van der Waals surface area contributed by atoms with Crippen LogP contribution in [0.15, 0.2) is 0 Å². The molecule has 0 bridgehead atoms. The standard InChI is InChI=1S/C6H14O5P/c1-3-5-8-10-12(7)11-9-6-4-2/h3-6H2,1-2H3/q+1. The molecule has 0 amide bonds. The molecule has 0 aliphatic heterocycles. The van der Waals surface area contributed by atoms with E-state index in [4.69, 9.17) is 0 Å². The third kappa shape index (κ3) is 8.04. The SMILES string of the molecule is CCCOO[P+](=O)OOCCC. The molecule has 0 aromatic carbocycles. The van der Waals surface area contributed by atoms with Gasteiger partial charge in [0.25, 0.3) is 0 Å². The van der Waals surface area contributed by atoms with Crippen LogP contribution in [0.25, 0.3) is 0 Å². The lowest BCUT2D eigenvalue weighted by atomic mass is 10.5. The molecule has 12 heavy (non-hydrogen) atoms. The largest absolute Gasteiger partial charge is 0.759 e. The highest BCUT2D eigenvalue weighted by Crippen LogP contribution is 2.24. The second-order valence-corrected chi connectivity index (χ2v) is 2.76. The molecule has 0 aliphatic rings. The maximum atomic E-state index is 10.6. The molecular weight excluding hydrogens is 183 g/mol. The molecule has 0 N–H and O–H groups in total. The summed E-state index contributed by atoms with van der Waals surface area (Å²) in [6.45, 7) is 4.59. The van der Waals surface area contributed by atoms with Crippen LogP contribution in [0.1, 0.15) is 26.7 Å². The van der Waals surface area contributed by atoms with E-state index in [1.807, 2.05) is 13.8 Å². The quantitative estimate of drug-likeness (QED) is 0.259. The Hall–Kier alpha value is -0.0600. The van der Waals surface area contributed by atoms with Crippen molar-refractivity contribution < 1.29 is 23.7 Å². The molecule has 0 heterocycles. The first kappa shape index (κ1) is 11.9. The Kier molecular flexibility index (Phi) is 8.99. The Morgan fingerprint density at radius 1 is 1.00 bits per heavy atom. The molecule has 72 valence electrons. The smallest absolute Gasteiger partial charge is 0.187 e. The Morgan fingerprint density at radius 3 is 1.75 bits per heavy atom. The van der Waals surface area contributed by atoms with E-state index in [1.54, 1.807) is 0 Å². The van der Waals surface area contributed by atoms with Gasteiger partial charge in [0.2, 0.25) is 0 Å². The summed E-state index contributed by atoms with van der Waals surface area (Å²) >= 11 is 0. The van der Waals surface area contributed by atoms with E-state index in [-0.39, 0.29) is 0 Å². The summed E-state index contributed by atoms with van der Waals surface area (Å²) in [5.74, 6) is 0. The summed E-state index contributed by atoms with van der Waals surface area (Å²) in [7, 11) is -2.30. The number of rotatable bonds is 8. The van der Waals surface area contributed by atoms with Gasteiger partial charge in [0.15, 0.2) is 0 Å². The summed E-state index contributed by atoms with van der Waals surface area (Å²) in [5, 5.41) is 0. The molecule has 0 saturated carbocycles. The van der Waals surface area contributed by atoms with E-state index in [2.05, 4.69) is 19.1 Å². The van der Waals surface area contributed by atoms with Crippen LogP contribution in [-0.4, -0.2) is 13.2 Å². The Morgan fingerprint density at radius 2 is 1.42 bits per heavy atom. The van der Waals surface area contributed by atoms with Crippen molar-refractivity contribution in [2.75, 3.05) is 13.2 Å². The molecule has 0 unspecified atom stereocenters. The van der Waals surface area contributed by atoms with Crippen LogP contribution in [-0.2, 0) is 23.7 Å². The molecule has 0 fully saturated rings. The predicted octanol–water partition coefficient (Wildman–Crippen LogP) is 2.36. The van der Waals surface area contributed by atoms with Gasteiger partial charge in [-0.05, 0) is 12.8 Å². The molecule has 0 rings (SSSR count). The minimum Gasteiger partial charge on any atom is -0.187 e. The summed E-state index contributed by atoms with van der Waals surface area (Å²) < 4.78 is 19.2. The monoisotopic (exact) mass is 197 g/mol. The van der Waals surface area contributed by atoms with E-state index < -0.39 is 8.25 Å². The van der Waals surface area contributed by atoms with Gasteiger partial charge in [-0.2, -0.15) is 9.78 Å². The highest BCUT2D eigenvalue weighted by atomic mass is 31.1. The van der Waals surface area contributed by atoms with Gasteiger partial charge in [-0.3, -0.25) is 0 Å². The van der Waals surface area contributed by atoms with Crippen molar-refractivity contribution in [2.24, 2.45) is 0 Å². The van der Waals surface area contributed by atoms with Crippen molar-refractivity contribution in [3.8, 4) is 0 Å². The maximum Gasteiger partial charge on any atom is 0.759 e. The maximum absolute atomic E-state index is 10.6.